The van der Waals surface area contributed by atoms with Crippen molar-refractivity contribution in [2.45, 2.75) is 31.2 Å². The molecule has 1 aromatic carbocycles. The van der Waals surface area contributed by atoms with Crippen molar-refractivity contribution in [2.24, 2.45) is 5.73 Å². The number of halogens is 1. The van der Waals surface area contributed by atoms with Crippen LogP contribution in [0.25, 0.3) is 0 Å². The maximum Gasteiger partial charge on any atom is 0.160 e. The molecule has 3 nitrogen and oxygen atoms in total. The molecule has 1 aliphatic carbocycles. The van der Waals surface area contributed by atoms with Gasteiger partial charge in [-0.15, -0.1) is 0 Å². The third-order valence-electron chi connectivity index (χ3n) is 3.30. The van der Waals surface area contributed by atoms with Crippen molar-refractivity contribution in [3.63, 3.8) is 0 Å². The zero-order valence-electron chi connectivity index (χ0n) is 9.29. The predicted octanol–water partition coefficient (Wildman–Crippen LogP) is 2.78. The molecule has 1 aliphatic rings. The molecule has 0 aliphatic heterocycles. The number of phenols is 1. The summed E-state index contributed by atoms with van der Waals surface area (Å²) in [5.41, 5.74) is 6.85. The van der Waals surface area contributed by atoms with E-state index in [1.54, 1.807) is 6.07 Å². The van der Waals surface area contributed by atoms with Gasteiger partial charge in [0, 0.05) is 16.6 Å². The van der Waals surface area contributed by atoms with Crippen LogP contribution in [0.1, 0.15) is 31.2 Å². The minimum atomic E-state index is -0.363. The van der Waals surface area contributed by atoms with E-state index in [1.807, 2.05) is 0 Å². The Balaban J connectivity index is 2.47. The lowest BCUT2D eigenvalue weighted by Gasteiger charge is -2.26. The summed E-state index contributed by atoms with van der Waals surface area (Å²) in [5.74, 6) is 0.481. The second-order valence-corrected chi connectivity index (χ2v) is 4.77. The van der Waals surface area contributed by atoms with Crippen molar-refractivity contribution in [2.75, 3.05) is 7.11 Å². The topological polar surface area (TPSA) is 55.5 Å². The highest BCUT2D eigenvalue weighted by Gasteiger charge is 2.33. The van der Waals surface area contributed by atoms with Gasteiger partial charge in [-0.25, -0.2) is 0 Å². The third-order valence-corrected chi connectivity index (χ3v) is 3.61. The van der Waals surface area contributed by atoms with Crippen LogP contribution < -0.4 is 10.5 Å². The number of nitrogens with two attached hydrogens (primary N) is 1. The quantitative estimate of drug-likeness (QED) is 0.837. The van der Waals surface area contributed by atoms with Crippen molar-refractivity contribution < 1.29 is 9.84 Å². The highest BCUT2D eigenvalue weighted by molar-refractivity contribution is 6.31. The van der Waals surface area contributed by atoms with Crippen LogP contribution >= 0.6 is 11.6 Å². The molecule has 0 saturated heterocycles. The largest absolute Gasteiger partial charge is 0.504 e. The molecule has 88 valence electrons. The second kappa shape index (κ2) is 4.15. The summed E-state index contributed by atoms with van der Waals surface area (Å²) in [4.78, 5) is 0. The summed E-state index contributed by atoms with van der Waals surface area (Å²) in [7, 11) is 1.52. The summed E-state index contributed by atoms with van der Waals surface area (Å²) in [6.45, 7) is 0. The fourth-order valence-corrected chi connectivity index (χ4v) is 2.71. The van der Waals surface area contributed by atoms with Gasteiger partial charge in [0.15, 0.2) is 11.5 Å². The van der Waals surface area contributed by atoms with Gasteiger partial charge >= 0.3 is 0 Å². The van der Waals surface area contributed by atoms with Crippen LogP contribution in [-0.2, 0) is 5.54 Å². The monoisotopic (exact) mass is 241 g/mol. The first kappa shape index (κ1) is 11.6. The molecule has 0 aromatic heterocycles. The van der Waals surface area contributed by atoms with Gasteiger partial charge in [-0.3, -0.25) is 0 Å². The Labute approximate surface area is 100 Å². The van der Waals surface area contributed by atoms with Gasteiger partial charge in [-0.2, -0.15) is 0 Å². The molecule has 2 rings (SSSR count). The molecule has 3 N–H and O–H groups in total. The number of methoxy groups -OCH3 is 1. The summed E-state index contributed by atoms with van der Waals surface area (Å²) in [6, 6.07) is 3.26. The molecule has 0 bridgehead atoms. The second-order valence-electron chi connectivity index (χ2n) is 4.37. The highest BCUT2D eigenvalue weighted by Crippen LogP contribution is 2.43. The third kappa shape index (κ3) is 1.85. The van der Waals surface area contributed by atoms with Crippen LogP contribution in [-0.4, -0.2) is 12.2 Å². The number of phenolic OH excluding ortho intramolecular Hbond substituents is 1. The van der Waals surface area contributed by atoms with E-state index in [1.165, 1.54) is 13.2 Å². The van der Waals surface area contributed by atoms with Crippen LogP contribution in [0.15, 0.2) is 12.1 Å². The number of rotatable bonds is 2. The van der Waals surface area contributed by atoms with Crippen molar-refractivity contribution in [3.05, 3.63) is 22.7 Å². The minimum absolute atomic E-state index is 0.0536. The van der Waals surface area contributed by atoms with Crippen LogP contribution in [0, 0.1) is 0 Å². The minimum Gasteiger partial charge on any atom is -0.504 e. The highest BCUT2D eigenvalue weighted by atomic mass is 35.5. The predicted molar refractivity (Wildman–Crippen MR) is 64.0 cm³/mol. The molecule has 0 unspecified atom stereocenters. The Kier molecular flexibility index (Phi) is 3.00. The van der Waals surface area contributed by atoms with E-state index < -0.39 is 0 Å². The Morgan fingerprint density at radius 2 is 2.00 bits per heavy atom. The van der Waals surface area contributed by atoms with Crippen molar-refractivity contribution in [1.82, 2.24) is 0 Å². The number of hydrogen-bond donors (Lipinski definition) is 2. The molecule has 0 spiro atoms. The molecule has 1 fully saturated rings. The summed E-state index contributed by atoms with van der Waals surface area (Å²) < 4.78 is 5.08. The lowest BCUT2D eigenvalue weighted by Crippen LogP contribution is -2.33. The van der Waals surface area contributed by atoms with E-state index in [0.717, 1.165) is 31.2 Å². The summed E-state index contributed by atoms with van der Waals surface area (Å²) >= 11 is 6.13. The van der Waals surface area contributed by atoms with E-state index in [9.17, 15) is 5.11 Å². The fraction of sp³-hybridized carbons (Fsp3) is 0.500. The van der Waals surface area contributed by atoms with Gasteiger partial charge in [-0.05, 0) is 24.5 Å². The molecule has 0 atom stereocenters. The number of benzene rings is 1. The van der Waals surface area contributed by atoms with E-state index >= 15 is 0 Å². The Morgan fingerprint density at radius 3 is 2.56 bits per heavy atom. The number of hydrogen-bond acceptors (Lipinski definition) is 3. The zero-order chi connectivity index (χ0) is 11.8. The van der Waals surface area contributed by atoms with E-state index in [2.05, 4.69) is 0 Å². The fourth-order valence-electron chi connectivity index (χ4n) is 2.36. The van der Waals surface area contributed by atoms with Gasteiger partial charge in [-0.1, -0.05) is 24.4 Å². The standard InChI is InChI=1S/C12H16ClNO2/c1-16-11-6-8(9(13)7-10(11)15)12(14)4-2-3-5-12/h6-7,15H,2-5,14H2,1H3. The molecule has 0 radical (unpaired) electrons. The Morgan fingerprint density at radius 1 is 1.38 bits per heavy atom. The van der Waals surface area contributed by atoms with E-state index in [-0.39, 0.29) is 11.3 Å². The number of aromatic hydroxyl groups is 1. The van der Waals surface area contributed by atoms with Crippen molar-refractivity contribution in [1.29, 1.82) is 0 Å². The van der Waals surface area contributed by atoms with Crippen LogP contribution in [0.4, 0.5) is 0 Å². The van der Waals surface area contributed by atoms with Crippen molar-refractivity contribution >= 4 is 11.6 Å². The first-order valence-corrected chi connectivity index (χ1v) is 5.80. The summed E-state index contributed by atoms with van der Waals surface area (Å²) in [6.07, 6.45) is 4.10. The maximum absolute atomic E-state index is 9.59. The average molecular weight is 242 g/mol. The number of ether oxygens (including phenoxy) is 1. The van der Waals surface area contributed by atoms with Crippen LogP contribution in [0.3, 0.4) is 0 Å². The lowest BCUT2D eigenvalue weighted by molar-refractivity contribution is 0.369. The van der Waals surface area contributed by atoms with Crippen molar-refractivity contribution in [3.8, 4) is 11.5 Å². The van der Waals surface area contributed by atoms with Crippen LogP contribution in [0.2, 0.25) is 5.02 Å². The average Bonchev–Trinajstić information content (AvgIpc) is 2.66. The van der Waals surface area contributed by atoms with Gasteiger partial charge in [0.2, 0.25) is 0 Å². The normalized spacial score (nSPS) is 18.7. The van der Waals surface area contributed by atoms with E-state index in [0.29, 0.717) is 10.8 Å². The molecular weight excluding hydrogens is 226 g/mol. The Hall–Kier alpha value is -0.930. The first-order chi connectivity index (χ1) is 7.57. The molecule has 4 heteroatoms. The maximum atomic E-state index is 9.59. The first-order valence-electron chi connectivity index (χ1n) is 5.43. The van der Waals surface area contributed by atoms with Gasteiger partial charge in [0.25, 0.3) is 0 Å². The summed E-state index contributed by atoms with van der Waals surface area (Å²) in [5, 5.41) is 10.1. The van der Waals surface area contributed by atoms with E-state index in [4.69, 9.17) is 22.1 Å². The van der Waals surface area contributed by atoms with Crippen LogP contribution in [0.5, 0.6) is 11.5 Å². The molecule has 0 heterocycles. The smallest absolute Gasteiger partial charge is 0.160 e. The molecular formula is C12H16ClNO2. The van der Waals surface area contributed by atoms with Gasteiger partial charge < -0.3 is 15.6 Å². The molecule has 1 aromatic rings. The Bertz CT molecular complexity index is 400. The molecule has 1 saturated carbocycles. The lowest BCUT2D eigenvalue weighted by atomic mass is 9.89. The SMILES string of the molecule is COc1cc(C2(N)CCCC2)c(Cl)cc1O. The zero-order valence-corrected chi connectivity index (χ0v) is 10.0. The molecule has 0 amide bonds. The van der Waals surface area contributed by atoms with Gasteiger partial charge in [0.05, 0.1) is 7.11 Å². The molecule has 16 heavy (non-hydrogen) atoms. The van der Waals surface area contributed by atoms with Gasteiger partial charge in [0.1, 0.15) is 0 Å².